The SMILES string of the molecule is [2H]C([2H])([2H])Oc1cccc(OCCN)c1. The molecule has 0 saturated heterocycles. The second-order valence-electron chi connectivity index (χ2n) is 2.21. The van der Waals surface area contributed by atoms with Crippen molar-refractivity contribution in [3.8, 4) is 11.5 Å². The first-order valence-electron chi connectivity index (χ1n) is 5.13. The third kappa shape index (κ3) is 2.43. The second kappa shape index (κ2) is 4.62. The van der Waals surface area contributed by atoms with E-state index in [1.165, 1.54) is 6.07 Å². The first-order valence-corrected chi connectivity index (χ1v) is 3.63. The van der Waals surface area contributed by atoms with Crippen molar-refractivity contribution < 1.29 is 13.6 Å². The number of rotatable bonds is 4. The molecule has 0 aromatic heterocycles. The standard InChI is InChI=1S/C9H13NO2/c1-11-8-3-2-4-9(7-8)12-6-5-10/h2-4,7H,5-6,10H2,1H3/i1D3. The number of nitrogens with two attached hydrogens (primary N) is 1. The molecule has 0 atom stereocenters. The third-order valence-electron chi connectivity index (χ3n) is 1.31. The summed E-state index contributed by atoms with van der Waals surface area (Å²) in [5.74, 6) is 0.798. The summed E-state index contributed by atoms with van der Waals surface area (Å²) >= 11 is 0. The zero-order valence-corrected chi connectivity index (χ0v) is 6.62. The van der Waals surface area contributed by atoms with Crippen molar-refractivity contribution in [2.75, 3.05) is 20.2 Å². The van der Waals surface area contributed by atoms with E-state index in [0.29, 0.717) is 18.9 Å². The van der Waals surface area contributed by atoms with Crippen molar-refractivity contribution in [2.45, 2.75) is 0 Å². The highest BCUT2D eigenvalue weighted by Crippen LogP contribution is 2.18. The van der Waals surface area contributed by atoms with Gasteiger partial charge >= 0.3 is 0 Å². The summed E-state index contributed by atoms with van der Waals surface area (Å²) in [5, 5.41) is 0. The maximum absolute atomic E-state index is 6.93. The molecule has 3 nitrogen and oxygen atoms in total. The van der Waals surface area contributed by atoms with Crippen LogP contribution < -0.4 is 15.2 Å². The number of methoxy groups -OCH3 is 1. The zero-order valence-electron chi connectivity index (χ0n) is 9.62. The van der Waals surface area contributed by atoms with E-state index in [1.54, 1.807) is 18.2 Å². The Hall–Kier alpha value is -1.22. The number of benzene rings is 1. The maximum atomic E-state index is 6.93. The van der Waals surface area contributed by atoms with Crippen LogP contribution in [-0.4, -0.2) is 20.2 Å². The maximum Gasteiger partial charge on any atom is 0.123 e. The van der Waals surface area contributed by atoms with Gasteiger partial charge in [-0.15, -0.1) is 0 Å². The molecule has 0 saturated carbocycles. The van der Waals surface area contributed by atoms with Crippen molar-refractivity contribution in [3.05, 3.63) is 24.3 Å². The van der Waals surface area contributed by atoms with Crippen molar-refractivity contribution in [2.24, 2.45) is 5.73 Å². The fraction of sp³-hybridized carbons (Fsp3) is 0.333. The van der Waals surface area contributed by atoms with Gasteiger partial charge in [0, 0.05) is 12.6 Å². The van der Waals surface area contributed by atoms with Gasteiger partial charge in [-0.3, -0.25) is 0 Å². The van der Waals surface area contributed by atoms with Gasteiger partial charge in [0.05, 0.1) is 11.2 Å². The largest absolute Gasteiger partial charge is 0.497 e. The molecule has 66 valence electrons. The van der Waals surface area contributed by atoms with Crippen LogP contribution in [0.15, 0.2) is 24.3 Å². The number of hydrogen-bond acceptors (Lipinski definition) is 3. The van der Waals surface area contributed by atoms with Gasteiger partial charge in [-0.2, -0.15) is 0 Å². The smallest absolute Gasteiger partial charge is 0.123 e. The third-order valence-corrected chi connectivity index (χ3v) is 1.31. The van der Waals surface area contributed by atoms with Crippen molar-refractivity contribution in [3.63, 3.8) is 0 Å². The molecule has 1 aromatic rings. The van der Waals surface area contributed by atoms with Crippen molar-refractivity contribution in [1.29, 1.82) is 0 Å². The summed E-state index contributed by atoms with van der Waals surface area (Å²) < 4.78 is 30.7. The van der Waals surface area contributed by atoms with Crippen LogP contribution in [0, 0.1) is 0 Å². The summed E-state index contributed by atoms with van der Waals surface area (Å²) in [5.41, 5.74) is 5.27. The highest BCUT2D eigenvalue weighted by Gasteiger charge is 1.94. The predicted molar refractivity (Wildman–Crippen MR) is 47.5 cm³/mol. The van der Waals surface area contributed by atoms with Crippen LogP contribution in [0.2, 0.25) is 0 Å². The van der Waals surface area contributed by atoms with E-state index in [1.807, 2.05) is 0 Å². The van der Waals surface area contributed by atoms with Crippen LogP contribution in [0.4, 0.5) is 0 Å². The molecule has 0 amide bonds. The molecule has 0 aliphatic heterocycles. The average molecular weight is 170 g/mol. The molecule has 12 heavy (non-hydrogen) atoms. The first-order chi connectivity index (χ1) is 7.01. The van der Waals surface area contributed by atoms with E-state index < -0.39 is 7.04 Å². The van der Waals surface area contributed by atoms with Gasteiger partial charge in [0.1, 0.15) is 18.1 Å². The van der Waals surface area contributed by atoms with Crippen LogP contribution in [0.3, 0.4) is 0 Å². The normalized spacial score (nSPS) is 14.2. The zero-order chi connectivity index (χ0) is 11.3. The summed E-state index contributed by atoms with van der Waals surface area (Å²) in [7, 11) is -2.44. The molecule has 0 radical (unpaired) electrons. The Bertz CT molecular complexity index is 314. The minimum Gasteiger partial charge on any atom is -0.497 e. The van der Waals surface area contributed by atoms with E-state index in [9.17, 15) is 0 Å². The molecule has 3 heteroatoms. The van der Waals surface area contributed by atoms with Crippen molar-refractivity contribution >= 4 is 0 Å². The Balaban J connectivity index is 2.66. The monoisotopic (exact) mass is 170 g/mol. The fourth-order valence-corrected chi connectivity index (χ4v) is 0.804. The average Bonchev–Trinajstić information content (AvgIpc) is 2.12. The Morgan fingerprint density at radius 1 is 1.50 bits per heavy atom. The van der Waals surface area contributed by atoms with E-state index in [4.69, 9.17) is 19.3 Å². The lowest BCUT2D eigenvalue weighted by molar-refractivity contribution is 0.325. The van der Waals surface area contributed by atoms with E-state index in [-0.39, 0.29) is 5.75 Å². The van der Waals surface area contributed by atoms with Gasteiger partial charge in [-0.1, -0.05) is 6.07 Å². The van der Waals surface area contributed by atoms with Crippen LogP contribution in [0.1, 0.15) is 4.11 Å². The molecular weight excluding hydrogens is 154 g/mol. The van der Waals surface area contributed by atoms with E-state index in [2.05, 4.69) is 0 Å². The van der Waals surface area contributed by atoms with Crippen molar-refractivity contribution in [1.82, 2.24) is 0 Å². The summed E-state index contributed by atoms with van der Waals surface area (Å²) in [6.45, 7) is 0.793. The van der Waals surface area contributed by atoms with Gasteiger partial charge in [0.25, 0.3) is 0 Å². The lowest BCUT2D eigenvalue weighted by atomic mass is 10.3. The van der Waals surface area contributed by atoms with Crippen LogP contribution in [0.25, 0.3) is 0 Å². The molecule has 2 N–H and O–H groups in total. The van der Waals surface area contributed by atoms with E-state index in [0.717, 1.165) is 0 Å². The molecule has 0 heterocycles. The Kier molecular flexibility index (Phi) is 2.09. The van der Waals surface area contributed by atoms with Crippen LogP contribution in [-0.2, 0) is 0 Å². The van der Waals surface area contributed by atoms with E-state index >= 15 is 0 Å². The Morgan fingerprint density at radius 3 is 3.08 bits per heavy atom. The second-order valence-corrected chi connectivity index (χ2v) is 2.21. The Labute approximate surface area is 76.3 Å². The summed E-state index contributed by atoms with van der Waals surface area (Å²) in [4.78, 5) is 0. The van der Waals surface area contributed by atoms with Gasteiger partial charge < -0.3 is 15.2 Å². The number of ether oxygens (including phenoxy) is 2. The predicted octanol–water partition coefficient (Wildman–Crippen LogP) is 1.03. The van der Waals surface area contributed by atoms with Gasteiger partial charge in [-0.05, 0) is 12.1 Å². The molecule has 0 fully saturated rings. The van der Waals surface area contributed by atoms with Gasteiger partial charge in [-0.25, -0.2) is 0 Å². The minimum atomic E-state index is -2.44. The molecule has 0 bridgehead atoms. The van der Waals surface area contributed by atoms with Crippen LogP contribution >= 0.6 is 0 Å². The molecule has 0 spiro atoms. The lowest BCUT2D eigenvalue weighted by Gasteiger charge is -2.05. The molecule has 0 aliphatic carbocycles. The molecule has 0 aliphatic rings. The number of hydrogen-bond donors (Lipinski definition) is 1. The molecular formula is C9H13NO2. The molecule has 0 unspecified atom stereocenters. The van der Waals surface area contributed by atoms with Crippen LogP contribution in [0.5, 0.6) is 11.5 Å². The first kappa shape index (κ1) is 5.43. The topological polar surface area (TPSA) is 44.5 Å². The van der Waals surface area contributed by atoms with Gasteiger partial charge in [0.15, 0.2) is 0 Å². The molecule has 1 rings (SSSR count). The summed E-state index contributed by atoms with van der Waals surface area (Å²) in [6.07, 6.45) is 0. The van der Waals surface area contributed by atoms with Gasteiger partial charge in [0.2, 0.25) is 0 Å². The summed E-state index contributed by atoms with van der Waals surface area (Å²) in [6, 6.07) is 6.44. The highest BCUT2D eigenvalue weighted by atomic mass is 16.5. The minimum absolute atomic E-state index is 0.254. The highest BCUT2D eigenvalue weighted by molar-refractivity contribution is 5.32. The fourth-order valence-electron chi connectivity index (χ4n) is 0.804. The molecule has 1 aromatic carbocycles. The lowest BCUT2D eigenvalue weighted by Crippen LogP contribution is -2.10. The Morgan fingerprint density at radius 2 is 2.33 bits per heavy atom. The quantitative estimate of drug-likeness (QED) is 0.734.